The number of hydrogen-bond acceptors (Lipinski definition) is 2. The standard InChI is InChI=1S/C19H18N2/c1-15(21-19-8-5-13-20-14-19)16-9-11-18(12-10-16)17-6-3-2-4-7-17/h2-15,21H,1H3. The van der Waals surface area contributed by atoms with Gasteiger partial charge in [-0.3, -0.25) is 4.98 Å². The molecule has 0 saturated carbocycles. The van der Waals surface area contributed by atoms with Gasteiger partial charge < -0.3 is 5.32 Å². The Hall–Kier alpha value is -2.61. The highest BCUT2D eigenvalue weighted by Crippen LogP contribution is 2.23. The van der Waals surface area contributed by atoms with Crippen LogP contribution in [0.15, 0.2) is 79.1 Å². The molecule has 0 radical (unpaired) electrons. The van der Waals surface area contributed by atoms with Gasteiger partial charge in [0.25, 0.3) is 0 Å². The molecular formula is C19H18N2. The van der Waals surface area contributed by atoms with Gasteiger partial charge in [0.05, 0.1) is 5.69 Å². The highest BCUT2D eigenvalue weighted by atomic mass is 14.9. The van der Waals surface area contributed by atoms with E-state index in [2.05, 4.69) is 65.8 Å². The molecule has 104 valence electrons. The molecule has 0 amide bonds. The molecule has 0 aliphatic rings. The Kier molecular flexibility index (Phi) is 3.97. The van der Waals surface area contributed by atoms with Gasteiger partial charge in [0.2, 0.25) is 0 Å². The molecule has 2 aromatic carbocycles. The average molecular weight is 274 g/mol. The van der Waals surface area contributed by atoms with Crippen molar-refractivity contribution >= 4 is 5.69 Å². The molecule has 1 heterocycles. The number of pyridine rings is 1. The third-order valence-electron chi connectivity index (χ3n) is 3.56. The first-order valence-corrected chi connectivity index (χ1v) is 7.15. The fourth-order valence-corrected chi connectivity index (χ4v) is 2.38. The molecule has 1 atom stereocenters. The average Bonchev–Trinajstić information content (AvgIpc) is 2.57. The Labute approximate surface area is 125 Å². The Morgan fingerprint density at radius 3 is 2.19 bits per heavy atom. The van der Waals surface area contributed by atoms with E-state index < -0.39 is 0 Å². The molecule has 3 rings (SSSR count). The van der Waals surface area contributed by atoms with Crippen molar-refractivity contribution in [2.45, 2.75) is 13.0 Å². The minimum Gasteiger partial charge on any atom is -0.377 e. The topological polar surface area (TPSA) is 24.9 Å². The van der Waals surface area contributed by atoms with E-state index in [4.69, 9.17) is 0 Å². The van der Waals surface area contributed by atoms with E-state index in [9.17, 15) is 0 Å². The molecule has 2 nitrogen and oxygen atoms in total. The summed E-state index contributed by atoms with van der Waals surface area (Å²) in [6.45, 7) is 2.16. The normalized spacial score (nSPS) is 11.9. The molecule has 1 unspecified atom stereocenters. The minimum absolute atomic E-state index is 0.249. The van der Waals surface area contributed by atoms with Crippen molar-refractivity contribution in [3.05, 3.63) is 84.7 Å². The summed E-state index contributed by atoms with van der Waals surface area (Å²) in [6.07, 6.45) is 3.62. The minimum atomic E-state index is 0.249. The van der Waals surface area contributed by atoms with E-state index in [1.807, 2.05) is 24.4 Å². The van der Waals surface area contributed by atoms with Gasteiger partial charge in [0.1, 0.15) is 0 Å². The lowest BCUT2D eigenvalue weighted by molar-refractivity contribution is 0.883. The van der Waals surface area contributed by atoms with Gasteiger partial charge in [-0.05, 0) is 35.7 Å². The Morgan fingerprint density at radius 1 is 0.810 bits per heavy atom. The third-order valence-corrected chi connectivity index (χ3v) is 3.56. The number of rotatable bonds is 4. The summed E-state index contributed by atoms with van der Waals surface area (Å²) in [5, 5.41) is 3.45. The van der Waals surface area contributed by atoms with Crippen LogP contribution in [0.3, 0.4) is 0 Å². The Morgan fingerprint density at radius 2 is 1.52 bits per heavy atom. The quantitative estimate of drug-likeness (QED) is 0.730. The third kappa shape index (κ3) is 3.29. The number of nitrogens with one attached hydrogen (secondary N) is 1. The smallest absolute Gasteiger partial charge is 0.0531 e. The highest BCUT2D eigenvalue weighted by molar-refractivity contribution is 5.63. The lowest BCUT2D eigenvalue weighted by Gasteiger charge is -2.15. The van der Waals surface area contributed by atoms with Crippen molar-refractivity contribution < 1.29 is 0 Å². The number of hydrogen-bond donors (Lipinski definition) is 1. The predicted octanol–water partition coefficient (Wildman–Crippen LogP) is 4.92. The van der Waals surface area contributed by atoms with Crippen molar-refractivity contribution in [2.75, 3.05) is 5.32 Å². The summed E-state index contributed by atoms with van der Waals surface area (Å²) in [5.41, 5.74) is 4.79. The van der Waals surface area contributed by atoms with Crippen molar-refractivity contribution in [2.24, 2.45) is 0 Å². The van der Waals surface area contributed by atoms with Crippen LogP contribution in [-0.2, 0) is 0 Å². The first-order valence-electron chi connectivity index (χ1n) is 7.15. The van der Waals surface area contributed by atoms with Crippen LogP contribution in [0, 0.1) is 0 Å². The lowest BCUT2D eigenvalue weighted by atomic mass is 10.0. The first-order chi connectivity index (χ1) is 10.3. The zero-order valence-electron chi connectivity index (χ0n) is 12.0. The van der Waals surface area contributed by atoms with E-state index in [0.717, 1.165) is 5.69 Å². The van der Waals surface area contributed by atoms with Crippen LogP contribution in [0.1, 0.15) is 18.5 Å². The van der Waals surface area contributed by atoms with Crippen LogP contribution in [0.4, 0.5) is 5.69 Å². The Bertz CT molecular complexity index is 676. The summed E-state index contributed by atoms with van der Waals surface area (Å²) in [7, 11) is 0. The summed E-state index contributed by atoms with van der Waals surface area (Å²) in [4.78, 5) is 4.12. The lowest BCUT2D eigenvalue weighted by Crippen LogP contribution is -2.06. The number of benzene rings is 2. The SMILES string of the molecule is CC(Nc1cccnc1)c1ccc(-c2ccccc2)cc1. The second-order valence-corrected chi connectivity index (χ2v) is 5.10. The summed E-state index contributed by atoms with van der Waals surface area (Å²) in [5.74, 6) is 0. The summed E-state index contributed by atoms with van der Waals surface area (Å²) >= 11 is 0. The second kappa shape index (κ2) is 6.23. The number of anilines is 1. The van der Waals surface area contributed by atoms with Crippen molar-refractivity contribution in [1.29, 1.82) is 0 Å². The van der Waals surface area contributed by atoms with Gasteiger partial charge in [-0.1, -0.05) is 54.6 Å². The van der Waals surface area contributed by atoms with E-state index in [-0.39, 0.29) is 6.04 Å². The maximum absolute atomic E-state index is 4.12. The van der Waals surface area contributed by atoms with E-state index in [0.29, 0.717) is 0 Å². The van der Waals surface area contributed by atoms with Crippen molar-refractivity contribution in [3.8, 4) is 11.1 Å². The van der Waals surface area contributed by atoms with Gasteiger partial charge in [-0.25, -0.2) is 0 Å². The van der Waals surface area contributed by atoms with Crippen LogP contribution in [0.5, 0.6) is 0 Å². The van der Waals surface area contributed by atoms with E-state index in [1.165, 1.54) is 16.7 Å². The zero-order valence-corrected chi connectivity index (χ0v) is 12.0. The molecule has 0 aliphatic heterocycles. The van der Waals surface area contributed by atoms with Gasteiger partial charge in [0, 0.05) is 18.4 Å². The number of aromatic nitrogens is 1. The molecule has 0 fully saturated rings. The maximum Gasteiger partial charge on any atom is 0.0531 e. The molecule has 1 aromatic heterocycles. The molecule has 1 N–H and O–H groups in total. The molecule has 0 spiro atoms. The molecule has 2 heteroatoms. The van der Waals surface area contributed by atoms with E-state index >= 15 is 0 Å². The highest BCUT2D eigenvalue weighted by Gasteiger charge is 2.05. The van der Waals surface area contributed by atoms with Crippen LogP contribution < -0.4 is 5.32 Å². The van der Waals surface area contributed by atoms with Crippen LogP contribution in [-0.4, -0.2) is 4.98 Å². The second-order valence-electron chi connectivity index (χ2n) is 5.10. The van der Waals surface area contributed by atoms with Gasteiger partial charge in [-0.2, -0.15) is 0 Å². The maximum atomic E-state index is 4.12. The van der Waals surface area contributed by atoms with Gasteiger partial charge in [0.15, 0.2) is 0 Å². The fourth-order valence-electron chi connectivity index (χ4n) is 2.38. The first kappa shape index (κ1) is 13.4. The fraction of sp³-hybridized carbons (Fsp3) is 0.105. The van der Waals surface area contributed by atoms with E-state index in [1.54, 1.807) is 6.20 Å². The summed E-state index contributed by atoms with van der Waals surface area (Å²) in [6, 6.07) is 23.3. The Balaban J connectivity index is 1.75. The van der Waals surface area contributed by atoms with Crippen LogP contribution >= 0.6 is 0 Å². The van der Waals surface area contributed by atoms with Crippen molar-refractivity contribution in [3.63, 3.8) is 0 Å². The molecule has 3 aromatic rings. The summed E-state index contributed by atoms with van der Waals surface area (Å²) < 4.78 is 0. The molecule has 0 bridgehead atoms. The van der Waals surface area contributed by atoms with Gasteiger partial charge in [-0.15, -0.1) is 0 Å². The van der Waals surface area contributed by atoms with Crippen molar-refractivity contribution in [1.82, 2.24) is 4.98 Å². The largest absolute Gasteiger partial charge is 0.377 e. The predicted molar refractivity (Wildman–Crippen MR) is 88.2 cm³/mol. The molecular weight excluding hydrogens is 256 g/mol. The molecule has 0 aliphatic carbocycles. The van der Waals surface area contributed by atoms with Gasteiger partial charge >= 0.3 is 0 Å². The van der Waals surface area contributed by atoms with Crippen LogP contribution in [0.2, 0.25) is 0 Å². The monoisotopic (exact) mass is 274 g/mol. The molecule has 0 saturated heterocycles. The number of nitrogens with zero attached hydrogens (tertiary/aromatic N) is 1. The van der Waals surface area contributed by atoms with Crippen LogP contribution in [0.25, 0.3) is 11.1 Å². The zero-order chi connectivity index (χ0) is 14.5. The molecule has 21 heavy (non-hydrogen) atoms.